The molecule has 6 nitrogen and oxygen atoms in total. The van der Waals surface area contributed by atoms with E-state index < -0.39 is 0 Å². The fourth-order valence-electron chi connectivity index (χ4n) is 1.58. The second kappa shape index (κ2) is 9.09. The standard InChI is InChI=1S/C15H20N2O4S/c1-10(22-9-8-14(19)21-3)15(20)17-13-6-4-12(5-7-13)16-11(2)18/h4-7,10H,8-9H2,1-3H3,(H,16,18)(H,17,20)/t10-/m0/s1. The van der Waals surface area contributed by atoms with E-state index in [0.717, 1.165) is 0 Å². The van der Waals surface area contributed by atoms with Crippen molar-refractivity contribution < 1.29 is 19.1 Å². The molecule has 2 N–H and O–H groups in total. The largest absolute Gasteiger partial charge is 0.469 e. The highest BCUT2D eigenvalue weighted by atomic mass is 32.2. The average molecular weight is 324 g/mol. The van der Waals surface area contributed by atoms with Crippen molar-refractivity contribution in [1.82, 2.24) is 0 Å². The lowest BCUT2D eigenvalue weighted by atomic mass is 10.2. The lowest BCUT2D eigenvalue weighted by Gasteiger charge is -2.12. The van der Waals surface area contributed by atoms with Crippen molar-refractivity contribution in [2.45, 2.75) is 25.5 Å². The van der Waals surface area contributed by atoms with E-state index >= 15 is 0 Å². The van der Waals surface area contributed by atoms with E-state index in [1.165, 1.54) is 25.8 Å². The minimum absolute atomic E-state index is 0.137. The number of benzene rings is 1. The Balaban J connectivity index is 2.43. The summed E-state index contributed by atoms with van der Waals surface area (Å²) in [6, 6.07) is 6.86. The van der Waals surface area contributed by atoms with E-state index in [2.05, 4.69) is 15.4 Å². The first kappa shape index (κ1) is 18.0. The predicted molar refractivity (Wildman–Crippen MR) is 87.9 cm³/mol. The number of hydrogen-bond acceptors (Lipinski definition) is 5. The molecule has 0 aliphatic heterocycles. The monoisotopic (exact) mass is 324 g/mol. The van der Waals surface area contributed by atoms with E-state index in [-0.39, 0.29) is 29.5 Å². The zero-order valence-electron chi connectivity index (χ0n) is 12.8. The first-order chi connectivity index (χ1) is 10.4. The van der Waals surface area contributed by atoms with Crippen LogP contribution in [0.25, 0.3) is 0 Å². The Labute approximate surface area is 134 Å². The van der Waals surface area contributed by atoms with Crippen LogP contribution in [-0.4, -0.2) is 35.9 Å². The number of esters is 1. The third-order valence-corrected chi connectivity index (χ3v) is 3.90. The molecule has 0 radical (unpaired) electrons. The lowest BCUT2D eigenvalue weighted by Crippen LogP contribution is -2.23. The first-order valence-corrected chi connectivity index (χ1v) is 7.84. The van der Waals surface area contributed by atoms with Crippen molar-refractivity contribution >= 4 is 40.9 Å². The predicted octanol–water partition coefficient (Wildman–Crippen LogP) is 2.27. The van der Waals surface area contributed by atoms with Gasteiger partial charge in [-0.2, -0.15) is 0 Å². The lowest BCUT2D eigenvalue weighted by molar-refractivity contribution is -0.140. The van der Waals surface area contributed by atoms with Crippen molar-refractivity contribution in [3.63, 3.8) is 0 Å². The molecule has 1 aromatic rings. The number of methoxy groups -OCH3 is 1. The van der Waals surface area contributed by atoms with Crippen LogP contribution in [0.4, 0.5) is 11.4 Å². The van der Waals surface area contributed by atoms with E-state index in [4.69, 9.17) is 0 Å². The summed E-state index contributed by atoms with van der Waals surface area (Å²) >= 11 is 1.39. The molecule has 0 aliphatic rings. The van der Waals surface area contributed by atoms with Crippen molar-refractivity contribution in [1.29, 1.82) is 0 Å². The molecule has 0 fully saturated rings. The molecule has 1 aromatic carbocycles. The summed E-state index contributed by atoms with van der Waals surface area (Å²) in [5, 5.41) is 5.16. The van der Waals surface area contributed by atoms with Gasteiger partial charge in [-0.15, -0.1) is 11.8 Å². The summed E-state index contributed by atoms with van der Waals surface area (Å²) in [6.07, 6.45) is 0.282. The van der Waals surface area contributed by atoms with E-state index in [9.17, 15) is 14.4 Å². The molecule has 1 atom stereocenters. The van der Waals surface area contributed by atoms with Gasteiger partial charge in [0.25, 0.3) is 0 Å². The minimum atomic E-state index is -0.284. The van der Waals surface area contributed by atoms with Gasteiger partial charge in [0.2, 0.25) is 11.8 Å². The number of carbonyl (C=O) groups excluding carboxylic acids is 3. The van der Waals surface area contributed by atoms with E-state index in [1.807, 2.05) is 0 Å². The molecular formula is C15H20N2O4S. The van der Waals surface area contributed by atoms with Gasteiger partial charge in [0.15, 0.2) is 0 Å². The zero-order valence-corrected chi connectivity index (χ0v) is 13.7. The van der Waals surface area contributed by atoms with Crippen molar-refractivity contribution in [3.05, 3.63) is 24.3 Å². The average Bonchev–Trinajstić information content (AvgIpc) is 2.48. The molecule has 120 valence electrons. The van der Waals surface area contributed by atoms with Gasteiger partial charge in [-0.05, 0) is 31.2 Å². The van der Waals surface area contributed by atoms with Crippen LogP contribution in [0.5, 0.6) is 0 Å². The number of carbonyl (C=O) groups is 3. The van der Waals surface area contributed by atoms with Gasteiger partial charge in [0, 0.05) is 24.1 Å². The third-order valence-electron chi connectivity index (χ3n) is 2.74. The van der Waals surface area contributed by atoms with Gasteiger partial charge >= 0.3 is 5.97 Å². The van der Waals surface area contributed by atoms with Crippen LogP contribution in [0.3, 0.4) is 0 Å². The van der Waals surface area contributed by atoms with Gasteiger partial charge in [-0.3, -0.25) is 14.4 Å². The van der Waals surface area contributed by atoms with E-state index in [1.54, 1.807) is 31.2 Å². The van der Waals surface area contributed by atoms with Crippen LogP contribution < -0.4 is 10.6 Å². The maximum atomic E-state index is 12.0. The highest BCUT2D eigenvalue weighted by molar-refractivity contribution is 8.00. The molecular weight excluding hydrogens is 304 g/mol. The zero-order chi connectivity index (χ0) is 16.5. The van der Waals surface area contributed by atoms with Gasteiger partial charge < -0.3 is 15.4 Å². The molecule has 0 saturated carbocycles. The highest BCUT2D eigenvalue weighted by Crippen LogP contribution is 2.17. The molecule has 0 aromatic heterocycles. The Hall–Kier alpha value is -2.02. The van der Waals surface area contributed by atoms with Gasteiger partial charge in [0.1, 0.15) is 0 Å². The molecule has 2 amide bonds. The number of ether oxygens (including phenoxy) is 1. The van der Waals surface area contributed by atoms with Crippen molar-refractivity contribution in [3.8, 4) is 0 Å². The fraction of sp³-hybridized carbons (Fsp3) is 0.400. The highest BCUT2D eigenvalue weighted by Gasteiger charge is 2.14. The van der Waals surface area contributed by atoms with Gasteiger partial charge in [-0.25, -0.2) is 0 Å². The van der Waals surface area contributed by atoms with Crippen LogP contribution in [0.2, 0.25) is 0 Å². The molecule has 1 rings (SSSR count). The number of rotatable bonds is 7. The summed E-state index contributed by atoms with van der Waals surface area (Å²) in [7, 11) is 1.34. The second-order valence-electron chi connectivity index (χ2n) is 4.59. The van der Waals surface area contributed by atoms with Crippen LogP contribution in [0.1, 0.15) is 20.3 Å². The maximum absolute atomic E-state index is 12.0. The molecule has 0 unspecified atom stereocenters. The summed E-state index contributed by atoms with van der Waals surface area (Å²) in [5.41, 5.74) is 1.32. The smallest absolute Gasteiger partial charge is 0.306 e. The van der Waals surface area contributed by atoms with Crippen LogP contribution in [0, 0.1) is 0 Å². The van der Waals surface area contributed by atoms with Crippen LogP contribution >= 0.6 is 11.8 Å². The van der Waals surface area contributed by atoms with Crippen LogP contribution in [0.15, 0.2) is 24.3 Å². The van der Waals surface area contributed by atoms with Crippen LogP contribution in [-0.2, 0) is 19.1 Å². The fourth-order valence-corrected chi connectivity index (χ4v) is 2.43. The number of amides is 2. The second-order valence-corrected chi connectivity index (χ2v) is 6.04. The summed E-state index contributed by atoms with van der Waals surface area (Å²) in [6.45, 7) is 3.21. The normalized spacial score (nSPS) is 11.4. The Morgan fingerprint density at radius 1 is 1.14 bits per heavy atom. The maximum Gasteiger partial charge on any atom is 0.306 e. The van der Waals surface area contributed by atoms with Crippen molar-refractivity contribution in [2.24, 2.45) is 0 Å². The summed E-state index contributed by atoms with van der Waals surface area (Å²) < 4.78 is 4.54. The summed E-state index contributed by atoms with van der Waals surface area (Å²) in [4.78, 5) is 33.9. The quantitative estimate of drug-likeness (QED) is 0.752. The Morgan fingerprint density at radius 3 is 2.18 bits per heavy atom. The molecule has 0 spiro atoms. The summed E-state index contributed by atoms with van der Waals surface area (Å²) in [5.74, 6) is -0.0360. The Morgan fingerprint density at radius 2 is 1.68 bits per heavy atom. The van der Waals surface area contributed by atoms with E-state index in [0.29, 0.717) is 17.1 Å². The van der Waals surface area contributed by atoms with Crippen molar-refractivity contribution in [2.75, 3.05) is 23.5 Å². The number of hydrogen-bond donors (Lipinski definition) is 2. The number of nitrogens with one attached hydrogen (secondary N) is 2. The minimum Gasteiger partial charge on any atom is -0.469 e. The topological polar surface area (TPSA) is 84.5 Å². The number of thioether (sulfide) groups is 1. The Kier molecular flexibility index (Phi) is 7.45. The molecule has 0 bridgehead atoms. The number of anilines is 2. The third kappa shape index (κ3) is 6.62. The molecule has 0 saturated heterocycles. The van der Waals surface area contributed by atoms with Gasteiger partial charge in [0.05, 0.1) is 18.8 Å². The SMILES string of the molecule is COC(=O)CCS[C@@H](C)C(=O)Nc1ccc(NC(C)=O)cc1. The molecule has 7 heteroatoms. The molecule has 0 heterocycles. The van der Waals surface area contributed by atoms with Gasteiger partial charge in [-0.1, -0.05) is 0 Å². The Bertz CT molecular complexity index is 531. The first-order valence-electron chi connectivity index (χ1n) is 6.79. The molecule has 0 aliphatic carbocycles. The molecule has 22 heavy (non-hydrogen) atoms.